The number of rotatable bonds is 7. The van der Waals surface area contributed by atoms with Crippen LogP contribution in [0.15, 0.2) is 60.8 Å². The van der Waals surface area contributed by atoms with E-state index in [-0.39, 0.29) is 5.11 Å². The average Bonchev–Trinajstić information content (AvgIpc) is 3.38. The summed E-state index contributed by atoms with van der Waals surface area (Å²) in [4.78, 5) is 13.3. The van der Waals surface area contributed by atoms with Crippen LogP contribution in [0.5, 0.6) is 0 Å². The van der Waals surface area contributed by atoms with Gasteiger partial charge in [-0.25, -0.2) is 4.79 Å². The minimum Gasteiger partial charge on any atom is -0.465 e. The van der Waals surface area contributed by atoms with Gasteiger partial charge in [0.25, 0.3) is 0 Å². The third kappa shape index (κ3) is 6.54. The number of carbonyl (C=O) groups excluding carboxylic acids is 1. The van der Waals surface area contributed by atoms with Crippen molar-refractivity contribution < 1.29 is 9.53 Å². The second-order valence-electron chi connectivity index (χ2n) is 7.46. The number of nitrogens with zero attached hydrogens (tertiary/aromatic N) is 2. The minimum absolute atomic E-state index is 0.241. The SMILES string of the molecule is COC(=O)c1cc(Cc2ccccc2)sc1NC(=S)Nc1nn(Cc2ccc(Cl)c(Cl)c2)cc1Cl. The van der Waals surface area contributed by atoms with Crippen molar-refractivity contribution in [3.05, 3.63) is 97.4 Å². The third-order valence-corrected chi connectivity index (χ3v) is 7.18. The van der Waals surface area contributed by atoms with Crippen LogP contribution in [0.2, 0.25) is 15.1 Å². The standard InChI is InChI=1S/C24H19Cl3N4O2S2/c1-33-23(32)17-11-16(9-14-5-3-2-4-6-14)35-22(17)29-24(34)28-21-20(27)13-31(30-21)12-15-7-8-18(25)19(26)10-15/h2-8,10-11,13H,9,12H2,1H3,(H2,28,29,30,34). The first-order valence-corrected chi connectivity index (χ1v) is 12.7. The fourth-order valence-corrected chi connectivity index (χ4v) is 5.18. The number of thiophene rings is 1. The molecule has 0 saturated heterocycles. The molecule has 0 aliphatic carbocycles. The smallest absolute Gasteiger partial charge is 0.340 e. The molecule has 6 nitrogen and oxygen atoms in total. The summed E-state index contributed by atoms with van der Waals surface area (Å²) >= 11 is 25.3. The number of carbonyl (C=O) groups is 1. The van der Waals surface area contributed by atoms with Gasteiger partial charge in [-0.15, -0.1) is 11.3 Å². The second kappa shape index (κ2) is 11.4. The van der Waals surface area contributed by atoms with Crippen molar-refractivity contribution in [3.63, 3.8) is 0 Å². The highest BCUT2D eigenvalue weighted by Crippen LogP contribution is 2.31. The molecule has 2 aromatic heterocycles. The van der Waals surface area contributed by atoms with Gasteiger partial charge in [-0.1, -0.05) is 71.2 Å². The number of benzene rings is 2. The normalized spacial score (nSPS) is 10.7. The number of methoxy groups -OCH3 is 1. The van der Waals surface area contributed by atoms with E-state index in [1.54, 1.807) is 23.0 Å². The molecule has 4 aromatic rings. The Bertz CT molecular complexity index is 1370. The summed E-state index contributed by atoms with van der Waals surface area (Å²) in [5, 5.41) is 12.7. The summed E-state index contributed by atoms with van der Waals surface area (Å²) < 4.78 is 6.61. The van der Waals surface area contributed by atoms with Crippen LogP contribution in [-0.4, -0.2) is 28.0 Å². The number of hydrogen-bond donors (Lipinski definition) is 2. The minimum atomic E-state index is -0.449. The van der Waals surface area contributed by atoms with Crippen molar-refractivity contribution in [2.75, 3.05) is 17.7 Å². The maximum absolute atomic E-state index is 12.3. The molecule has 11 heteroatoms. The van der Waals surface area contributed by atoms with E-state index in [1.807, 2.05) is 42.5 Å². The van der Waals surface area contributed by atoms with E-state index in [0.717, 1.165) is 16.0 Å². The van der Waals surface area contributed by atoms with Crippen LogP contribution in [0.3, 0.4) is 0 Å². The molecule has 0 unspecified atom stereocenters. The molecule has 0 saturated carbocycles. The Kier molecular flexibility index (Phi) is 8.30. The van der Waals surface area contributed by atoms with Crippen molar-refractivity contribution in [2.45, 2.75) is 13.0 Å². The van der Waals surface area contributed by atoms with Gasteiger partial charge in [0.2, 0.25) is 0 Å². The van der Waals surface area contributed by atoms with Crippen molar-refractivity contribution in [1.29, 1.82) is 0 Å². The highest BCUT2D eigenvalue weighted by molar-refractivity contribution is 7.80. The van der Waals surface area contributed by atoms with Gasteiger partial charge in [-0.2, -0.15) is 5.10 Å². The van der Waals surface area contributed by atoms with E-state index in [9.17, 15) is 4.79 Å². The molecule has 0 atom stereocenters. The topological polar surface area (TPSA) is 68.2 Å². The Morgan fingerprint density at radius 2 is 1.80 bits per heavy atom. The molecule has 0 spiro atoms. The predicted molar refractivity (Wildman–Crippen MR) is 148 cm³/mol. The number of anilines is 2. The van der Waals surface area contributed by atoms with E-state index in [0.29, 0.717) is 44.4 Å². The van der Waals surface area contributed by atoms with Crippen LogP contribution < -0.4 is 10.6 Å². The molecule has 35 heavy (non-hydrogen) atoms. The third-order valence-electron chi connectivity index (χ3n) is 4.91. The molecule has 0 aliphatic rings. The maximum atomic E-state index is 12.3. The molecule has 180 valence electrons. The van der Waals surface area contributed by atoms with Crippen LogP contribution in [0.25, 0.3) is 0 Å². The van der Waals surface area contributed by atoms with Gasteiger partial charge in [-0.05, 0) is 41.5 Å². The molecule has 2 heterocycles. The van der Waals surface area contributed by atoms with Crippen LogP contribution >= 0.6 is 58.4 Å². The van der Waals surface area contributed by atoms with Gasteiger partial charge in [0.15, 0.2) is 10.9 Å². The highest BCUT2D eigenvalue weighted by atomic mass is 35.5. The van der Waals surface area contributed by atoms with E-state index in [4.69, 9.17) is 51.8 Å². The van der Waals surface area contributed by atoms with Gasteiger partial charge in [0, 0.05) is 17.5 Å². The zero-order valence-corrected chi connectivity index (χ0v) is 22.2. The number of esters is 1. The number of hydrogen-bond acceptors (Lipinski definition) is 5. The molecule has 4 rings (SSSR count). The van der Waals surface area contributed by atoms with Gasteiger partial charge >= 0.3 is 5.97 Å². The second-order valence-corrected chi connectivity index (χ2v) is 10.2. The molecule has 0 amide bonds. The van der Waals surface area contributed by atoms with E-state index in [2.05, 4.69) is 15.7 Å². The van der Waals surface area contributed by atoms with Gasteiger partial charge in [0.1, 0.15) is 10.0 Å². The fourth-order valence-electron chi connectivity index (χ4n) is 3.31. The zero-order valence-electron chi connectivity index (χ0n) is 18.3. The first kappa shape index (κ1) is 25.5. The monoisotopic (exact) mass is 564 g/mol. The lowest BCUT2D eigenvalue weighted by molar-refractivity contribution is 0.0602. The first-order chi connectivity index (χ1) is 16.8. The maximum Gasteiger partial charge on any atom is 0.340 e. The van der Waals surface area contributed by atoms with Crippen LogP contribution in [-0.2, 0) is 17.7 Å². The Morgan fingerprint density at radius 1 is 1.03 bits per heavy atom. The fraction of sp³-hybridized carbons (Fsp3) is 0.125. The first-order valence-electron chi connectivity index (χ1n) is 10.3. The van der Waals surface area contributed by atoms with Gasteiger partial charge in [0.05, 0.1) is 29.3 Å². The zero-order chi connectivity index (χ0) is 24.9. The molecular weight excluding hydrogens is 547 g/mol. The molecule has 0 fully saturated rings. The number of nitrogens with one attached hydrogen (secondary N) is 2. The quantitative estimate of drug-likeness (QED) is 0.183. The Balaban J connectivity index is 1.47. The number of aromatic nitrogens is 2. The summed E-state index contributed by atoms with van der Waals surface area (Å²) in [6.45, 7) is 0.443. The molecule has 0 radical (unpaired) electrons. The summed E-state index contributed by atoms with van der Waals surface area (Å²) in [5.41, 5.74) is 2.46. The number of halogens is 3. The summed E-state index contributed by atoms with van der Waals surface area (Å²) in [6, 6.07) is 17.2. The highest BCUT2D eigenvalue weighted by Gasteiger charge is 2.19. The molecule has 2 N–H and O–H groups in total. The van der Waals surface area contributed by atoms with E-state index >= 15 is 0 Å². The average molecular weight is 566 g/mol. The van der Waals surface area contributed by atoms with Crippen LogP contribution in [0.1, 0.15) is 26.4 Å². The summed E-state index contributed by atoms with van der Waals surface area (Å²) in [7, 11) is 1.34. The summed E-state index contributed by atoms with van der Waals surface area (Å²) in [5.74, 6) is -0.0697. The lowest BCUT2D eigenvalue weighted by atomic mass is 10.1. The van der Waals surface area contributed by atoms with Crippen LogP contribution in [0.4, 0.5) is 10.8 Å². The molecule has 0 bridgehead atoms. The lowest BCUT2D eigenvalue weighted by Gasteiger charge is -2.09. The van der Waals surface area contributed by atoms with E-state index in [1.165, 1.54) is 18.4 Å². The largest absolute Gasteiger partial charge is 0.465 e. The van der Waals surface area contributed by atoms with Gasteiger partial charge < -0.3 is 15.4 Å². The Hall–Kier alpha value is -2.62. The molecule has 2 aromatic carbocycles. The lowest BCUT2D eigenvalue weighted by Crippen LogP contribution is -2.20. The van der Waals surface area contributed by atoms with Crippen LogP contribution in [0, 0.1) is 0 Å². The van der Waals surface area contributed by atoms with Crippen molar-refractivity contribution >= 4 is 80.3 Å². The van der Waals surface area contributed by atoms with E-state index < -0.39 is 5.97 Å². The number of thiocarbonyl (C=S) groups is 1. The van der Waals surface area contributed by atoms with Gasteiger partial charge in [-0.3, -0.25) is 4.68 Å². The molecular formula is C24H19Cl3N4O2S2. The summed E-state index contributed by atoms with van der Waals surface area (Å²) in [6.07, 6.45) is 2.36. The molecule has 0 aliphatic heterocycles. The van der Waals surface area contributed by atoms with Crippen molar-refractivity contribution in [1.82, 2.24) is 9.78 Å². The number of ether oxygens (including phenoxy) is 1. The van der Waals surface area contributed by atoms with Crippen molar-refractivity contribution in [2.24, 2.45) is 0 Å². The van der Waals surface area contributed by atoms with Crippen molar-refractivity contribution in [3.8, 4) is 0 Å². The predicted octanol–water partition coefficient (Wildman–Crippen LogP) is 7.14. The Labute approximate surface area is 226 Å². The Morgan fingerprint density at radius 3 is 2.51 bits per heavy atom.